The summed E-state index contributed by atoms with van der Waals surface area (Å²) in [4.78, 5) is 23.5. The lowest BCUT2D eigenvalue weighted by Gasteiger charge is -2.22. The third-order valence-corrected chi connectivity index (χ3v) is 2.92. The Labute approximate surface area is 110 Å². The molecular weight excluding hydrogens is 232 g/mol. The molecule has 0 aliphatic rings. The summed E-state index contributed by atoms with van der Waals surface area (Å²) in [6, 6.07) is 0. The Bertz CT molecular complexity index is 234. The number of unbranched alkanes of at least 4 members (excludes halogenated alkanes) is 4. The molecule has 0 rings (SSSR count). The fourth-order valence-electron chi connectivity index (χ4n) is 1.81. The second-order valence-corrected chi connectivity index (χ2v) is 4.60. The number of nitro groups is 1. The highest BCUT2D eigenvalue weighted by molar-refractivity contribution is 5.76. The summed E-state index contributed by atoms with van der Waals surface area (Å²) >= 11 is 0. The van der Waals surface area contributed by atoms with E-state index >= 15 is 0 Å². The van der Waals surface area contributed by atoms with Crippen LogP contribution in [0, 0.1) is 10.1 Å². The number of carbonyl (C=O) groups excluding carboxylic acids is 1. The van der Waals surface area contributed by atoms with Crippen LogP contribution in [0.1, 0.15) is 58.8 Å². The monoisotopic (exact) mass is 258 g/mol. The average Bonchev–Trinajstić information content (AvgIpc) is 2.34. The van der Waals surface area contributed by atoms with E-state index in [0.29, 0.717) is 0 Å². The second kappa shape index (κ2) is 11.0. The molecule has 0 aliphatic carbocycles. The van der Waals surface area contributed by atoms with Crippen LogP contribution in [0.4, 0.5) is 0 Å². The predicted octanol–water partition coefficient (Wildman–Crippen LogP) is 2.86. The van der Waals surface area contributed by atoms with E-state index in [1.165, 1.54) is 0 Å². The summed E-state index contributed by atoms with van der Waals surface area (Å²) in [5.41, 5.74) is 0. The molecule has 1 amide bonds. The lowest BCUT2D eigenvalue weighted by Crippen LogP contribution is -2.34. The Morgan fingerprint density at radius 3 is 1.94 bits per heavy atom. The van der Waals surface area contributed by atoms with Crippen LogP contribution in [0.2, 0.25) is 0 Å². The SMILES string of the molecule is CCCCCN(CCCCC)C(=O)CC[N+](=O)[O-]. The number of hydrogen-bond donors (Lipinski definition) is 0. The van der Waals surface area contributed by atoms with Gasteiger partial charge in [-0.15, -0.1) is 0 Å². The van der Waals surface area contributed by atoms with Gasteiger partial charge in [-0.3, -0.25) is 14.9 Å². The van der Waals surface area contributed by atoms with Gasteiger partial charge >= 0.3 is 0 Å². The molecule has 0 bridgehead atoms. The lowest BCUT2D eigenvalue weighted by atomic mass is 10.2. The molecule has 0 atom stereocenters. The predicted molar refractivity (Wildman–Crippen MR) is 72.1 cm³/mol. The molecule has 0 heterocycles. The number of hydrogen-bond acceptors (Lipinski definition) is 3. The van der Waals surface area contributed by atoms with E-state index in [-0.39, 0.29) is 18.9 Å². The highest BCUT2D eigenvalue weighted by Crippen LogP contribution is 2.05. The first-order valence-electron chi connectivity index (χ1n) is 7.01. The first-order valence-corrected chi connectivity index (χ1v) is 7.01. The van der Waals surface area contributed by atoms with Crippen LogP contribution in [-0.2, 0) is 4.79 Å². The summed E-state index contributed by atoms with van der Waals surface area (Å²) in [6.07, 6.45) is 6.46. The van der Waals surface area contributed by atoms with Crippen molar-refractivity contribution in [3.63, 3.8) is 0 Å². The quantitative estimate of drug-likeness (QED) is 0.325. The van der Waals surface area contributed by atoms with E-state index < -0.39 is 4.92 Å². The van der Waals surface area contributed by atoms with Gasteiger partial charge in [-0.05, 0) is 12.8 Å². The molecule has 106 valence electrons. The Morgan fingerprint density at radius 2 is 1.56 bits per heavy atom. The van der Waals surface area contributed by atoms with Gasteiger partial charge in [0.2, 0.25) is 12.5 Å². The zero-order valence-corrected chi connectivity index (χ0v) is 11.7. The molecule has 0 fully saturated rings. The Kier molecular flexibility index (Phi) is 10.3. The molecule has 0 saturated heterocycles. The van der Waals surface area contributed by atoms with Crippen LogP contribution in [0.25, 0.3) is 0 Å². The van der Waals surface area contributed by atoms with Gasteiger partial charge < -0.3 is 4.90 Å². The molecule has 5 nitrogen and oxygen atoms in total. The summed E-state index contributed by atoms with van der Waals surface area (Å²) in [6.45, 7) is 5.48. The van der Waals surface area contributed by atoms with Crippen molar-refractivity contribution in [2.75, 3.05) is 19.6 Å². The highest BCUT2D eigenvalue weighted by atomic mass is 16.6. The van der Waals surface area contributed by atoms with Crippen LogP contribution < -0.4 is 0 Å². The highest BCUT2D eigenvalue weighted by Gasteiger charge is 2.14. The normalized spacial score (nSPS) is 10.3. The smallest absolute Gasteiger partial charge is 0.229 e. The maximum atomic E-state index is 11.9. The molecule has 18 heavy (non-hydrogen) atoms. The molecule has 0 aromatic rings. The van der Waals surface area contributed by atoms with Gasteiger partial charge in [0.1, 0.15) is 0 Å². The van der Waals surface area contributed by atoms with E-state index in [2.05, 4.69) is 13.8 Å². The van der Waals surface area contributed by atoms with Gasteiger partial charge in [0, 0.05) is 18.0 Å². The third kappa shape index (κ3) is 8.96. The molecule has 0 aromatic carbocycles. The maximum absolute atomic E-state index is 11.9. The first kappa shape index (κ1) is 16.9. The van der Waals surface area contributed by atoms with Crippen LogP contribution in [0.5, 0.6) is 0 Å². The standard InChI is InChI=1S/C13H26N2O3/c1-3-5-7-10-14(11-8-6-4-2)13(16)9-12-15(17)18/h3-12H2,1-2H3. The van der Waals surface area contributed by atoms with Crippen LogP contribution >= 0.6 is 0 Å². The topological polar surface area (TPSA) is 63.5 Å². The van der Waals surface area contributed by atoms with Crippen molar-refractivity contribution in [2.24, 2.45) is 0 Å². The molecule has 0 aromatic heterocycles. The van der Waals surface area contributed by atoms with E-state index in [1.54, 1.807) is 4.90 Å². The van der Waals surface area contributed by atoms with Gasteiger partial charge in [-0.1, -0.05) is 39.5 Å². The fraction of sp³-hybridized carbons (Fsp3) is 0.923. The first-order chi connectivity index (χ1) is 8.61. The lowest BCUT2D eigenvalue weighted by molar-refractivity contribution is -0.478. The van der Waals surface area contributed by atoms with E-state index in [1.807, 2.05) is 0 Å². The zero-order chi connectivity index (χ0) is 13.8. The van der Waals surface area contributed by atoms with Crippen molar-refractivity contribution >= 4 is 5.91 Å². The Morgan fingerprint density at radius 1 is 1.06 bits per heavy atom. The van der Waals surface area contributed by atoms with Gasteiger partial charge in [-0.2, -0.15) is 0 Å². The van der Waals surface area contributed by atoms with Crippen molar-refractivity contribution in [3.05, 3.63) is 10.1 Å². The Hall–Kier alpha value is -1.13. The summed E-state index contributed by atoms with van der Waals surface area (Å²) in [7, 11) is 0. The van der Waals surface area contributed by atoms with Gasteiger partial charge in [0.05, 0.1) is 6.42 Å². The molecule has 0 N–H and O–H groups in total. The minimum Gasteiger partial charge on any atom is -0.342 e. The molecular formula is C13H26N2O3. The van der Waals surface area contributed by atoms with Crippen molar-refractivity contribution in [2.45, 2.75) is 58.8 Å². The molecule has 0 radical (unpaired) electrons. The number of carbonyl (C=O) groups is 1. The minimum atomic E-state index is -0.422. The average molecular weight is 258 g/mol. The third-order valence-electron chi connectivity index (χ3n) is 2.92. The summed E-state index contributed by atoms with van der Waals surface area (Å²) in [5, 5.41) is 10.3. The Balaban J connectivity index is 4.07. The fourth-order valence-corrected chi connectivity index (χ4v) is 1.81. The minimum absolute atomic E-state index is 0.0330. The van der Waals surface area contributed by atoms with Gasteiger partial charge in [0.25, 0.3) is 0 Å². The van der Waals surface area contributed by atoms with Crippen molar-refractivity contribution in [3.8, 4) is 0 Å². The van der Waals surface area contributed by atoms with Gasteiger partial charge in [0.15, 0.2) is 0 Å². The number of rotatable bonds is 11. The molecule has 0 spiro atoms. The van der Waals surface area contributed by atoms with E-state index in [0.717, 1.165) is 51.6 Å². The summed E-state index contributed by atoms with van der Waals surface area (Å²) in [5.74, 6) is -0.0705. The van der Waals surface area contributed by atoms with Crippen molar-refractivity contribution in [1.29, 1.82) is 0 Å². The second-order valence-electron chi connectivity index (χ2n) is 4.60. The van der Waals surface area contributed by atoms with E-state index in [4.69, 9.17) is 0 Å². The van der Waals surface area contributed by atoms with Gasteiger partial charge in [-0.25, -0.2) is 0 Å². The summed E-state index contributed by atoms with van der Waals surface area (Å²) < 4.78 is 0. The molecule has 5 heteroatoms. The van der Waals surface area contributed by atoms with Crippen LogP contribution in [0.3, 0.4) is 0 Å². The van der Waals surface area contributed by atoms with Crippen molar-refractivity contribution in [1.82, 2.24) is 4.90 Å². The maximum Gasteiger partial charge on any atom is 0.229 e. The van der Waals surface area contributed by atoms with Crippen LogP contribution in [0.15, 0.2) is 0 Å². The molecule has 0 unspecified atom stereocenters. The molecule has 0 saturated carbocycles. The largest absolute Gasteiger partial charge is 0.342 e. The number of amides is 1. The van der Waals surface area contributed by atoms with Crippen LogP contribution in [-0.4, -0.2) is 35.4 Å². The number of nitrogens with zero attached hydrogens (tertiary/aromatic N) is 2. The zero-order valence-electron chi connectivity index (χ0n) is 11.7. The van der Waals surface area contributed by atoms with Crippen molar-refractivity contribution < 1.29 is 9.72 Å². The molecule has 0 aliphatic heterocycles. The van der Waals surface area contributed by atoms with E-state index in [9.17, 15) is 14.9 Å².